The molecule has 0 saturated carbocycles. The first-order valence-electron chi connectivity index (χ1n) is 6.73. The summed E-state index contributed by atoms with van der Waals surface area (Å²) in [6, 6.07) is 7.90. The van der Waals surface area contributed by atoms with Gasteiger partial charge in [0.05, 0.1) is 0 Å². The summed E-state index contributed by atoms with van der Waals surface area (Å²) >= 11 is 3.43. The number of hydrogen-bond acceptors (Lipinski definition) is 2. The lowest BCUT2D eigenvalue weighted by Crippen LogP contribution is -2.32. The Bertz CT molecular complexity index is 644. The van der Waals surface area contributed by atoms with Gasteiger partial charge in [-0.15, -0.1) is 0 Å². The van der Waals surface area contributed by atoms with Gasteiger partial charge < -0.3 is 9.88 Å². The zero-order chi connectivity index (χ0) is 13.2. The first-order chi connectivity index (χ1) is 9.24. The number of rotatable bonds is 2. The molecule has 1 aromatic carbocycles. The van der Waals surface area contributed by atoms with Crippen molar-refractivity contribution in [3.63, 3.8) is 0 Å². The van der Waals surface area contributed by atoms with Crippen molar-refractivity contribution in [2.45, 2.75) is 19.4 Å². The molecule has 3 nitrogen and oxygen atoms in total. The average Bonchev–Trinajstić information content (AvgIpc) is 2.44. The normalized spacial score (nSPS) is 16.9. The van der Waals surface area contributed by atoms with Crippen LogP contribution >= 0.6 is 15.9 Å². The summed E-state index contributed by atoms with van der Waals surface area (Å²) in [6.07, 6.45) is 4.24. The van der Waals surface area contributed by atoms with Crippen LogP contribution in [0.3, 0.4) is 0 Å². The third-order valence-corrected chi connectivity index (χ3v) is 4.35. The lowest BCUT2D eigenvalue weighted by molar-refractivity contribution is 0.330. The summed E-state index contributed by atoms with van der Waals surface area (Å²) in [4.78, 5) is 12.5. The SMILES string of the molecule is O=c1c2cc(Br)ccc2ccn1CC1CCNCC1. The van der Waals surface area contributed by atoms with Gasteiger partial charge in [-0.25, -0.2) is 0 Å². The van der Waals surface area contributed by atoms with Crippen molar-refractivity contribution in [2.24, 2.45) is 5.92 Å². The molecule has 0 unspecified atom stereocenters. The van der Waals surface area contributed by atoms with Crippen LogP contribution in [-0.4, -0.2) is 17.7 Å². The molecule has 0 radical (unpaired) electrons. The van der Waals surface area contributed by atoms with Crippen LogP contribution in [0.5, 0.6) is 0 Å². The van der Waals surface area contributed by atoms with Gasteiger partial charge in [-0.1, -0.05) is 22.0 Å². The van der Waals surface area contributed by atoms with Gasteiger partial charge in [0.1, 0.15) is 0 Å². The second-order valence-electron chi connectivity index (χ2n) is 5.20. The summed E-state index contributed by atoms with van der Waals surface area (Å²) in [6.45, 7) is 2.97. The topological polar surface area (TPSA) is 34.0 Å². The molecule has 3 rings (SSSR count). The Morgan fingerprint density at radius 3 is 2.84 bits per heavy atom. The molecule has 1 saturated heterocycles. The van der Waals surface area contributed by atoms with Crippen LogP contribution in [0.2, 0.25) is 0 Å². The molecular weight excluding hydrogens is 304 g/mol. The zero-order valence-corrected chi connectivity index (χ0v) is 12.3. The quantitative estimate of drug-likeness (QED) is 0.923. The van der Waals surface area contributed by atoms with Gasteiger partial charge in [0.25, 0.3) is 5.56 Å². The number of nitrogens with one attached hydrogen (secondary N) is 1. The van der Waals surface area contributed by atoms with Crippen molar-refractivity contribution >= 4 is 26.7 Å². The maximum absolute atomic E-state index is 12.5. The summed E-state index contributed by atoms with van der Waals surface area (Å²) in [5.41, 5.74) is 0.123. The maximum atomic E-state index is 12.5. The van der Waals surface area contributed by atoms with E-state index in [0.717, 1.165) is 47.7 Å². The molecule has 19 heavy (non-hydrogen) atoms. The number of aromatic nitrogens is 1. The molecule has 1 aromatic heterocycles. The van der Waals surface area contributed by atoms with Crippen LogP contribution in [0.1, 0.15) is 12.8 Å². The van der Waals surface area contributed by atoms with E-state index in [1.165, 1.54) is 0 Å². The number of nitrogens with zero attached hydrogens (tertiary/aromatic N) is 1. The Balaban J connectivity index is 1.95. The van der Waals surface area contributed by atoms with E-state index < -0.39 is 0 Å². The van der Waals surface area contributed by atoms with E-state index in [9.17, 15) is 4.79 Å². The first kappa shape index (κ1) is 12.9. The minimum atomic E-state index is 0.123. The third kappa shape index (κ3) is 2.74. The molecule has 1 fully saturated rings. The molecule has 100 valence electrons. The molecule has 2 heterocycles. The van der Waals surface area contributed by atoms with Gasteiger partial charge in [0, 0.05) is 22.6 Å². The second kappa shape index (κ2) is 5.47. The lowest BCUT2D eigenvalue weighted by atomic mass is 9.98. The highest BCUT2D eigenvalue weighted by molar-refractivity contribution is 9.10. The molecule has 0 spiro atoms. The van der Waals surface area contributed by atoms with E-state index in [4.69, 9.17) is 0 Å². The summed E-state index contributed by atoms with van der Waals surface area (Å²) in [5.74, 6) is 0.614. The fourth-order valence-electron chi connectivity index (χ4n) is 2.74. The number of halogens is 1. The van der Waals surface area contributed by atoms with Crippen molar-refractivity contribution in [1.29, 1.82) is 0 Å². The molecule has 2 aromatic rings. The number of benzene rings is 1. The lowest BCUT2D eigenvalue weighted by Gasteiger charge is -2.23. The number of pyridine rings is 1. The van der Waals surface area contributed by atoms with Crippen LogP contribution in [0, 0.1) is 5.92 Å². The van der Waals surface area contributed by atoms with Gasteiger partial charge >= 0.3 is 0 Å². The fraction of sp³-hybridized carbons (Fsp3) is 0.400. The van der Waals surface area contributed by atoms with Crippen molar-refractivity contribution in [3.05, 3.63) is 45.3 Å². The minimum absolute atomic E-state index is 0.123. The Labute approximate surface area is 120 Å². The summed E-state index contributed by atoms with van der Waals surface area (Å²) < 4.78 is 2.82. The van der Waals surface area contributed by atoms with E-state index in [1.807, 2.05) is 35.0 Å². The standard InChI is InChI=1S/C15H17BrN2O/c16-13-2-1-12-5-8-18(15(19)14(12)9-13)10-11-3-6-17-7-4-11/h1-2,5,8-9,11,17H,3-4,6-7,10H2. The van der Waals surface area contributed by atoms with E-state index in [0.29, 0.717) is 5.92 Å². The molecule has 0 aliphatic carbocycles. The molecular formula is C15H17BrN2O. The van der Waals surface area contributed by atoms with Gasteiger partial charge in [-0.2, -0.15) is 0 Å². The van der Waals surface area contributed by atoms with Crippen LogP contribution in [0.15, 0.2) is 39.7 Å². The molecule has 0 amide bonds. The highest BCUT2D eigenvalue weighted by atomic mass is 79.9. The van der Waals surface area contributed by atoms with E-state index in [1.54, 1.807) is 0 Å². The third-order valence-electron chi connectivity index (χ3n) is 3.85. The highest BCUT2D eigenvalue weighted by Gasteiger charge is 2.14. The number of fused-ring (bicyclic) bond motifs is 1. The fourth-order valence-corrected chi connectivity index (χ4v) is 3.10. The average molecular weight is 321 g/mol. The summed E-state index contributed by atoms with van der Waals surface area (Å²) in [7, 11) is 0. The molecule has 0 bridgehead atoms. The number of piperidine rings is 1. The number of hydrogen-bond donors (Lipinski definition) is 1. The molecule has 1 aliphatic heterocycles. The van der Waals surface area contributed by atoms with Crippen LogP contribution in [-0.2, 0) is 6.54 Å². The molecule has 1 N–H and O–H groups in total. The monoisotopic (exact) mass is 320 g/mol. The van der Waals surface area contributed by atoms with Gasteiger partial charge in [0.2, 0.25) is 0 Å². The molecule has 0 atom stereocenters. The molecule has 4 heteroatoms. The van der Waals surface area contributed by atoms with Crippen LogP contribution in [0.25, 0.3) is 10.8 Å². The van der Waals surface area contributed by atoms with Gasteiger partial charge in [-0.05, 0) is 55.4 Å². The highest BCUT2D eigenvalue weighted by Crippen LogP contribution is 2.18. The van der Waals surface area contributed by atoms with Crippen molar-refractivity contribution in [2.75, 3.05) is 13.1 Å². The maximum Gasteiger partial charge on any atom is 0.258 e. The van der Waals surface area contributed by atoms with Crippen LogP contribution < -0.4 is 10.9 Å². The van der Waals surface area contributed by atoms with Gasteiger partial charge in [0.15, 0.2) is 0 Å². The Hall–Kier alpha value is -1.13. The minimum Gasteiger partial charge on any atom is -0.317 e. The Morgan fingerprint density at radius 1 is 1.26 bits per heavy atom. The summed E-state index contributed by atoms with van der Waals surface area (Å²) in [5, 5.41) is 5.16. The van der Waals surface area contributed by atoms with Crippen molar-refractivity contribution in [3.8, 4) is 0 Å². The predicted octanol–water partition coefficient (Wildman–Crippen LogP) is 2.76. The largest absolute Gasteiger partial charge is 0.317 e. The molecule has 1 aliphatic rings. The second-order valence-corrected chi connectivity index (χ2v) is 6.11. The van der Waals surface area contributed by atoms with E-state index >= 15 is 0 Å². The van der Waals surface area contributed by atoms with Gasteiger partial charge in [-0.3, -0.25) is 4.79 Å². The van der Waals surface area contributed by atoms with E-state index in [2.05, 4.69) is 21.2 Å². The Morgan fingerprint density at radius 2 is 2.05 bits per heavy atom. The predicted molar refractivity (Wildman–Crippen MR) is 81.5 cm³/mol. The van der Waals surface area contributed by atoms with E-state index in [-0.39, 0.29) is 5.56 Å². The smallest absolute Gasteiger partial charge is 0.258 e. The first-order valence-corrected chi connectivity index (χ1v) is 7.53. The Kier molecular flexibility index (Phi) is 3.71. The van der Waals surface area contributed by atoms with Crippen LogP contribution in [0.4, 0.5) is 0 Å². The van der Waals surface area contributed by atoms with Crippen molar-refractivity contribution in [1.82, 2.24) is 9.88 Å². The zero-order valence-electron chi connectivity index (χ0n) is 10.7. The van der Waals surface area contributed by atoms with Crippen molar-refractivity contribution < 1.29 is 0 Å².